The average molecular weight is 248 g/mol. The van der Waals surface area contributed by atoms with Crippen LogP contribution in [-0.2, 0) is 4.74 Å². The van der Waals surface area contributed by atoms with Gasteiger partial charge in [-0.15, -0.1) is 0 Å². The van der Waals surface area contributed by atoms with Gasteiger partial charge in [0.1, 0.15) is 20.2 Å². The van der Waals surface area contributed by atoms with Crippen LogP contribution < -0.4 is 12.4 Å². The molecule has 0 aromatic rings. The van der Waals surface area contributed by atoms with Crippen LogP contribution in [0.2, 0.25) is 0 Å². The minimum absolute atomic E-state index is 0. The van der Waals surface area contributed by atoms with Crippen molar-refractivity contribution in [2.24, 2.45) is 17.8 Å². The molecule has 2 nitrogen and oxygen atoms in total. The van der Waals surface area contributed by atoms with E-state index in [0.29, 0.717) is 6.10 Å². The molecule has 1 fully saturated rings. The highest BCUT2D eigenvalue weighted by Gasteiger charge is 2.32. The van der Waals surface area contributed by atoms with Gasteiger partial charge in [0.05, 0.1) is 0 Å². The van der Waals surface area contributed by atoms with Gasteiger partial charge in [0.25, 0.3) is 0 Å². The molecule has 0 amide bonds. The maximum absolute atomic E-state index is 5.89. The molecule has 0 aromatic heterocycles. The maximum Gasteiger partial charge on any atom is 0.323 e. The molecule has 0 aromatic carbocycles. The number of nitrogens with zero attached hydrogens (tertiary/aromatic N) is 1. The molecule has 96 valence electrons. The second kappa shape index (κ2) is 7.16. The molecule has 0 saturated heterocycles. The van der Waals surface area contributed by atoms with Gasteiger partial charge in [-0.1, -0.05) is 27.2 Å². The van der Waals surface area contributed by atoms with Crippen LogP contribution >= 0.6 is 0 Å². The number of rotatable bonds is 3. The van der Waals surface area contributed by atoms with E-state index in [0.717, 1.165) is 17.8 Å². The summed E-state index contributed by atoms with van der Waals surface area (Å²) < 4.78 is 7.87. The van der Waals surface area contributed by atoms with Gasteiger partial charge < -0.3 is 17.1 Å². The summed E-state index contributed by atoms with van der Waals surface area (Å²) in [7, 11) is 4.02. The van der Waals surface area contributed by atoms with Gasteiger partial charge in [-0.25, -0.2) is 4.58 Å². The van der Waals surface area contributed by atoms with E-state index in [-0.39, 0.29) is 12.4 Å². The summed E-state index contributed by atoms with van der Waals surface area (Å²) in [6.45, 7) is 6.96. The van der Waals surface area contributed by atoms with Crippen LogP contribution in [0.3, 0.4) is 0 Å². The second-order valence-corrected chi connectivity index (χ2v) is 5.57. The lowest BCUT2D eigenvalue weighted by molar-refractivity contribution is -0.469. The lowest BCUT2D eigenvalue weighted by Gasteiger charge is -2.35. The molecule has 3 atom stereocenters. The molecular weight excluding hydrogens is 222 g/mol. The summed E-state index contributed by atoms with van der Waals surface area (Å²) in [4.78, 5) is 0. The maximum atomic E-state index is 5.89. The quantitative estimate of drug-likeness (QED) is 0.381. The monoisotopic (exact) mass is 247 g/mol. The van der Waals surface area contributed by atoms with Gasteiger partial charge in [0.2, 0.25) is 0 Å². The van der Waals surface area contributed by atoms with Gasteiger partial charge in [-0.05, 0) is 30.6 Å². The number of hydrogen-bond donors (Lipinski definition) is 0. The van der Waals surface area contributed by atoms with Crippen molar-refractivity contribution in [2.75, 3.05) is 14.1 Å². The first-order chi connectivity index (χ1) is 7.00. The van der Waals surface area contributed by atoms with E-state index >= 15 is 0 Å². The molecule has 0 bridgehead atoms. The summed E-state index contributed by atoms with van der Waals surface area (Å²) in [5.74, 6) is 2.29. The first kappa shape index (κ1) is 15.8. The predicted molar refractivity (Wildman–Crippen MR) is 64.4 cm³/mol. The van der Waals surface area contributed by atoms with Gasteiger partial charge in [0.15, 0.2) is 0 Å². The van der Waals surface area contributed by atoms with Crippen molar-refractivity contribution >= 4 is 6.40 Å². The fraction of sp³-hybridized carbons (Fsp3) is 0.923. The zero-order chi connectivity index (χ0) is 11.4. The Morgan fingerprint density at radius 1 is 1.25 bits per heavy atom. The molecule has 0 radical (unpaired) electrons. The first-order valence-corrected chi connectivity index (χ1v) is 6.16. The number of hydrogen-bond acceptors (Lipinski definition) is 1. The summed E-state index contributed by atoms with van der Waals surface area (Å²) in [6.07, 6.45) is 6.19. The molecule has 3 unspecified atom stereocenters. The number of halogens is 1. The van der Waals surface area contributed by atoms with E-state index in [1.54, 1.807) is 0 Å². The third-order valence-corrected chi connectivity index (χ3v) is 3.41. The summed E-state index contributed by atoms with van der Waals surface area (Å²) in [5, 5.41) is 0. The molecule has 0 N–H and O–H groups in total. The van der Waals surface area contributed by atoms with E-state index in [1.165, 1.54) is 19.3 Å². The molecule has 1 saturated carbocycles. The van der Waals surface area contributed by atoms with E-state index in [2.05, 4.69) is 20.8 Å². The van der Waals surface area contributed by atoms with Crippen LogP contribution in [0.5, 0.6) is 0 Å². The Hall–Kier alpha value is -0.240. The lowest BCUT2D eigenvalue weighted by atomic mass is 9.75. The Morgan fingerprint density at radius 3 is 2.38 bits per heavy atom. The van der Waals surface area contributed by atoms with E-state index in [4.69, 9.17) is 4.74 Å². The van der Waals surface area contributed by atoms with Crippen molar-refractivity contribution in [1.29, 1.82) is 0 Å². The smallest absolute Gasteiger partial charge is 0.323 e. The minimum Gasteiger partial charge on any atom is -1.00 e. The fourth-order valence-electron chi connectivity index (χ4n) is 2.47. The van der Waals surface area contributed by atoms with Crippen LogP contribution in [0, 0.1) is 17.8 Å². The van der Waals surface area contributed by atoms with Gasteiger partial charge in [-0.3, -0.25) is 0 Å². The van der Waals surface area contributed by atoms with Crippen LogP contribution in [0.25, 0.3) is 0 Å². The molecule has 1 rings (SSSR count). The van der Waals surface area contributed by atoms with Crippen molar-refractivity contribution in [3.63, 3.8) is 0 Å². The highest BCUT2D eigenvalue weighted by molar-refractivity contribution is 5.39. The van der Waals surface area contributed by atoms with Gasteiger partial charge >= 0.3 is 6.40 Å². The molecule has 0 aliphatic heterocycles. The van der Waals surface area contributed by atoms with E-state index in [1.807, 2.05) is 25.1 Å². The van der Waals surface area contributed by atoms with Crippen molar-refractivity contribution in [2.45, 2.75) is 46.1 Å². The average Bonchev–Trinajstić information content (AvgIpc) is 2.14. The molecule has 3 heteroatoms. The third-order valence-electron chi connectivity index (χ3n) is 3.41. The summed E-state index contributed by atoms with van der Waals surface area (Å²) >= 11 is 0. The van der Waals surface area contributed by atoms with Crippen LogP contribution in [0.15, 0.2) is 0 Å². The Labute approximate surface area is 106 Å². The highest BCUT2D eigenvalue weighted by Crippen LogP contribution is 2.34. The summed E-state index contributed by atoms with van der Waals surface area (Å²) in [6, 6.07) is 0. The fourth-order valence-corrected chi connectivity index (χ4v) is 2.47. The Bertz CT molecular complexity index is 224. The molecule has 1 aliphatic rings. The van der Waals surface area contributed by atoms with E-state index < -0.39 is 0 Å². The van der Waals surface area contributed by atoms with E-state index in [9.17, 15) is 0 Å². The van der Waals surface area contributed by atoms with Gasteiger partial charge in [0, 0.05) is 0 Å². The van der Waals surface area contributed by atoms with Crippen LogP contribution in [0.1, 0.15) is 40.0 Å². The topological polar surface area (TPSA) is 12.2 Å². The molecular formula is C13H26ClNO. The van der Waals surface area contributed by atoms with Crippen LogP contribution in [-0.4, -0.2) is 31.2 Å². The zero-order valence-corrected chi connectivity index (χ0v) is 12.0. The molecule has 1 aliphatic carbocycles. The third kappa shape index (κ3) is 4.73. The SMILES string of the molecule is CC1CCC(C(C)C)C(OC=[N+](C)C)C1.[Cl-]. The van der Waals surface area contributed by atoms with Crippen molar-refractivity contribution in [3.05, 3.63) is 0 Å². The first-order valence-electron chi connectivity index (χ1n) is 6.16. The highest BCUT2D eigenvalue weighted by atomic mass is 35.5. The lowest BCUT2D eigenvalue weighted by Crippen LogP contribution is -3.00. The minimum atomic E-state index is 0. The largest absolute Gasteiger partial charge is 1.00 e. The normalized spacial score (nSPS) is 29.5. The Balaban J connectivity index is 0.00000225. The van der Waals surface area contributed by atoms with Gasteiger partial charge in [-0.2, -0.15) is 0 Å². The molecule has 16 heavy (non-hydrogen) atoms. The predicted octanol–water partition coefficient (Wildman–Crippen LogP) is -0.232. The van der Waals surface area contributed by atoms with Crippen molar-refractivity contribution in [3.8, 4) is 0 Å². The Kier molecular flexibility index (Phi) is 7.05. The van der Waals surface area contributed by atoms with Crippen molar-refractivity contribution in [1.82, 2.24) is 0 Å². The van der Waals surface area contributed by atoms with Crippen molar-refractivity contribution < 1.29 is 21.7 Å². The molecule has 0 spiro atoms. The Morgan fingerprint density at radius 2 is 1.88 bits per heavy atom. The molecule has 0 heterocycles. The zero-order valence-electron chi connectivity index (χ0n) is 11.2. The van der Waals surface area contributed by atoms with Crippen LogP contribution in [0.4, 0.5) is 0 Å². The number of ether oxygens (including phenoxy) is 1. The second-order valence-electron chi connectivity index (χ2n) is 5.57. The standard InChI is InChI=1S/C13H26NO.ClH/c1-10(2)12-7-6-11(3)8-13(12)15-9-14(4)5;/h9-13H,6-8H2,1-5H3;1H/q+1;/p-1. The summed E-state index contributed by atoms with van der Waals surface area (Å²) in [5.41, 5.74) is 0.